The Labute approximate surface area is 187 Å². The Hall–Kier alpha value is -4.53. The molecule has 164 valence electrons. The standard InChI is InChI=1S/C24H18FN5O3/c1-32-20-8-5-15(10-16(20)13-33-21-4-2-3-9-26-21)12-28-30-14-27-22-18-11-17(25)6-7-19(18)29-23(22)24(30)31/h2-12,14,29H,13H2,1H3/b28-12+. The van der Waals surface area contributed by atoms with Crippen molar-refractivity contribution in [2.75, 3.05) is 7.11 Å². The predicted molar refractivity (Wildman–Crippen MR) is 122 cm³/mol. The smallest absolute Gasteiger partial charge is 0.298 e. The molecular formula is C24H18FN5O3. The van der Waals surface area contributed by atoms with Gasteiger partial charge in [-0.3, -0.25) is 4.79 Å². The minimum Gasteiger partial charge on any atom is -0.496 e. The van der Waals surface area contributed by atoms with Crippen LogP contribution in [-0.4, -0.2) is 33.0 Å². The van der Waals surface area contributed by atoms with E-state index in [0.29, 0.717) is 28.0 Å². The van der Waals surface area contributed by atoms with Crippen LogP contribution in [0.25, 0.3) is 21.9 Å². The molecule has 0 amide bonds. The molecule has 0 saturated carbocycles. The molecule has 33 heavy (non-hydrogen) atoms. The molecule has 2 aromatic carbocycles. The molecule has 0 aliphatic heterocycles. The van der Waals surface area contributed by atoms with E-state index in [9.17, 15) is 9.18 Å². The third-order valence-electron chi connectivity index (χ3n) is 5.10. The largest absolute Gasteiger partial charge is 0.496 e. The van der Waals surface area contributed by atoms with Gasteiger partial charge in [-0.1, -0.05) is 6.07 Å². The van der Waals surface area contributed by atoms with E-state index in [2.05, 4.69) is 20.1 Å². The van der Waals surface area contributed by atoms with Crippen LogP contribution in [-0.2, 0) is 6.61 Å². The first-order chi connectivity index (χ1) is 16.1. The maximum atomic E-state index is 13.6. The summed E-state index contributed by atoms with van der Waals surface area (Å²) in [5.41, 5.74) is 2.44. The lowest BCUT2D eigenvalue weighted by Crippen LogP contribution is -2.17. The van der Waals surface area contributed by atoms with Crippen molar-refractivity contribution in [2.45, 2.75) is 6.61 Å². The summed E-state index contributed by atoms with van der Waals surface area (Å²) in [5.74, 6) is 0.770. The van der Waals surface area contributed by atoms with Crippen LogP contribution in [0.15, 0.2) is 77.0 Å². The summed E-state index contributed by atoms with van der Waals surface area (Å²) in [6, 6.07) is 15.1. The Balaban J connectivity index is 1.44. The number of fused-ring (bicyclic) bond motifs is 3. The van der Waals surface area contributed by atoms with E-state index in [-0.39, 0.29) is 17.7 Å². The molecule has 0 fully saturated rings. The number of pyridine rings is 1. The number of rotatable bonds is 6. The fraction of sp³-hybridized carbons (Fsp3) is 0.0833. The van der Waals surface area contributed by atoms with Crippen LogP contribution in [0, 0.1) is 5.82 Å². The van der Waals surface area contributed by atoms with Gasteiger partial charge in [-0.25, -0.2) is 14.4 Å². The Kier molecular flexibility index (Phi) is 5.27. The minimum absolute atomic E-state index is 0.251. The quantitative estimate of drug-likeness (QED) is 0.402. The molecule has 0 saturated heterocycles. The van der Waals surface area contributed by atoms with E-state index >= 15 is 0 Å². The van der Waals surface area contributed by atoms with Crippen LogP contribution >= 0.6 is 0 Å². The van der Waals surface area contributed by atoms with Crippen molar-refractivity contribution in [3.05, 3.63) is 94.4 Å². The summed E-state index contributed by atoms with van der Waals surface area (Å²) in [6.45, 7) is 0.251. The Bertz CT molecular complexity index is 1540. The van der Waals surface area contributed by atoms with Crippen molar-refractivity contribution < 1.29 is 13.9 Å². The van der Waals surface area contributed by atoms with Gasteiger partial charge in [0.25, 0.3) is 5.56 Å². The Morgan fingerprint density at radius 3 is 2.88 bits per heavy atom. The second-order valence-corrected chi connectivity index (χ2v) is 7.21. The van der Waals surface area contributed by atoms with Crippen LogP contribution in [0.4, 0.5) is 4.39 Å². The van der Waals surface area contributed by atoms with E-state index in [1.165, 1.54) is 18.5 Å². The zero-order valence-corrected chi connectivity index (χ0v) is 17.5. The second kappa shape index (κ2) is 8.54. The molecule has 0 radical (unpaired) electrons. The number of H-pyrrole nitrogens is 1. The van der Waals surface area contributed by atoms with Crippen LogP contribution in [0.3, 0.4) is 0 Å². The fourth-order valence-corrected chi connectivity index (χ4v) is 3.51. The number of hydrogen-bond acceptors (Lipinski definition) is 6. The molecule has 5 aromatic rings. The van der Waals surface area contributed by atoms with Gasteiger partial charge >= 0.3 is 0 Å². The highest BCUT2D eigenvalue weighted by atomic mass is 19.1. The monoisotopic (exact) mass is 443 g/mol. The van der Waals surface area contributed by atoms with Crippen LogP contribution in [0.1, 0.15) is 11.1 Å². The molecule has 8 nitrogen and oxygen atoms in total. The first kappa shape index (κ1) is 20.4. The number of aromatic amines is 1. The van der Waals surface area contributed by atoms with E-state index < -0.39 is 5.82 Å². The topological polar surface area (TPSA) is 94.4 Å². The maximum absolute atomic E-state index is 13.6. The number of hydrogen-bond donors (Lipinski definition) is 1. The first-order valence-electron chi connectivity index (χ1n) is 10.1. The zero-order chi connectivity index (χ0) is 22.8. The summed E-state index contributed by atoms with van der Waals surface area (Å²) >= 11 is 0. The van der Waals surface area contributed by atoms with Crippen LogP contribution < -0.4 is 15.0 Å². The van der Waals surface area contributed by atoms with Gasteiger partial charge in [0, 0.05) is 28.7 Å². The average Bonchev–Trinajstić information content (AvgIpc) is 3.21. The summed E-state index contributed by atoms with van der Waals surface area (Å²) < 4.78 is 25.9. The van der Waals surface area contributed by atoms with Crippen molar-refractivity contribution in [3.8, 4) is 11.6 Å². The Morgan fingerprint density at radius 1 is 1.15 bits per heavy atom. The van der Waals surface area contributed by atoms with Gasteiger partial charge < -0.3 is 14.5 Å². The molecule has 0 atom stereocenters. The normalized spacial score (nSPS) is 11.5. The molecule has 9 heteroatoms. The number of halogens is 1. The summed E-state index contributed by atoms with van der Waals surface area (Å²) in [6.07, 6.45) is 4.51. The minimum atomic E-state index is -0.394. The highest BCUT2D eigenvalue weighted by Crippen LogP contribution is 2.23. The molecule has 0 unspecified atom stereocenters. The van der Waals surface area contributed by atoms with Crippen molar-refractivity contribution in [3.63, 3.8) is 0 Å². The number of ether oxygens (including phenoxy) is 2. The van der Waals surface area contributed by atoms with Crippen molar-refractivity contribution in [1.29, 1.82) is 0 Å². The molecular weight excluding hydrogens is 425 g/mol. The lowest BCUT2D eigenvalue weighted by molar-refractivity contribution is 0.285. The molecule has 3 heterocycles. The van der Waals surface area contributed by atoms with Gasteiger partial charge in [0.15, 0.2) is 0 Å². The van der Waals surface area contributed by atoms with Gasteiger partial charge in [-0.2, -0.15) is 9.78 Å². The average molecular weight is 443 g/mol. The van der Waals surface area contributed by atoms with Gasteiger partial charge in [-0.05, 0) is 48.0 Å². The van der Waals surface area contributed by atoms with Gasteiger partial charge in [0.2, 0.25) is 5.88 Å². The van der Waals surface area contributed by atoms with E-state index in [1.54, 1.807) is 37.7 Å². The van der Waals surface area contributed by atoms with Gasteiger partial charge in [-0.15, -0.1) is 0 Å². The second-order valence-electron chi connectivity index (χ2n) is 7.21. The number of methoxy groups -OCH3 is 1. The summed E-state index contributed by atoms with van der Waals surface area (Å²) in [7, 11) is 1.58. The molecule has 1 N–H and O–H groups in total. The van der Waals surface area contributed by atoms with E-state index in [1.807, 2.05) is 24.3 Å². The van der Waals surface area contributed by atoms with Crippen LogP contribution in [0.2, 0.25) is 0 Å². The number of benzene rings is 2. The molecule has 0 aliphatic rings. The summed E-state index contributed by atoms with van der Waals surface area (Å²) in [4.78, 5) is 24.3. The van der Waals surface area contributed by atoms with E-state index in [0.717, 1.165) is 15.8 Å². The predicted octanol–water partition coefficient (Wildman–Crippen LogP) is 3.88. The zero-order valence-electron chi connectivity index (χ0n) is 17.5. The molecule has 3 aromatic heterocycles. The molecule has 0 aliphatic carbocycles. The lowest BCUT2D eigenvalue weighted by Gasteiger charge is -2.10. The highest BCUT2D eigenvalue weighted by molar-refractivity contribution is 6.04. The number of aromatic nitrogens is 4. The molecule has 0 spiro atoms. The SMILES string of the molecule is COc1ccc(/C=N/n2cnc3c([nH]c4ccc(F)cc43)c2=O)cc1COc1ccccn1. The fourth-order valence-electron chi connectivity index (χ4n) is 3.51. The first-order valence-corrected chi connectivity index (χ1v) is 10.1. The molecule has 0 bridgehead atoms. The maximum Gasteiger partial charge on any atom is 0.298 e. The Morgan fingerprint density at radius 2 is 2.06 bits per heavy atom. The third-order valence-corrected chi connectivity index (χ3v) is 5.10. The number of nitrogens with one attached hydrogen (secondary N) is 1. The number of nitrogens with zero attached hydrogens (tertiary/aromatic N) is 4. The highest BCUT2D eigenvalue weighted by Gasteiger charge is 2.11. The van der Waals surface area contributed by atoms with E-state index in [4.69, 9.17) is 9.47 Å². The van der Waals surface area contributed by atoms with Crippen LogP contribution in [0.5, 0.6) is 11.6 Å². The summed E-state index contributed by atoms with van der Waals surface area (Å²) in [5, 5.41) is 4.80. The van der Waals surface area contributed by atoms with Gasteiger partial charge in [0.05, 0.1) is 13.3 Å². The molecule has 5 rings (SSSR count). The third kappa shape index (κ3) is 4.03. The van der Waals surface area contributed by atoms with Crippen molar-refractivity contribution in [1.82, 2.24) is 19.6 Å². The van der Waals surface area contributed by atoms with Gasteiger partial charge in [0.1, 0.15) is 35.5 Å². The van der Waals surface area contributed by atoms with Crippen molar-refractivity contribution >= 4 is 28.2 Å². The van der Waals surface area contributed by atoms with Crippen molar-refractivity contribution in [2.24, 2.45) is 5.10 Å². The lowest BCUT2D eigenvalue weighted by atomic mass is 10.1.